The molecule has 3 rings (SSSR count). The van der Waals surface area contributed by atoms with E-state index in [1.54, 1.807) is 0 Å². The predicted molar refractivity (Wildman–Crippen MR) is 189 cm³/mol. The standard InChI is InChI=1S/C29H47BN6O10P2S/c1-21(2)18-25(34-26(37)23(19-22-8-4-3-5-9-22)33-27(38)24-20-31-10-11-32-24)30-45-15-6-12-36(13-7-16-46-30)14-17-49-28(39)35-29(47(40)41)48(42,43)44/h3-5,8-11,20-21,23,25,29,42-44,47-48H,6-7,12-19H2,1-2H3,(H,33,38)(H,34,37)(H,35,39)(H,40,41)/t23-,25-,29?/m1/s1. The molecule has 1 aromatic heterocycles. The van der Waals surface area contributed by atoms with Crippen LogP contribution < -0.4 is 16.0 Å². The first-order valence-electron chi connectivity index (χ1n) is 16.0. The van der Waals surface area contributed by atoms with E-state index < -0.39 is 51.7 Å². The summed E-state index contributed by atoms with van der Waals surface area (Å²) in [6.07, 6.45) is 6.29. The Hall–Kier alpha value is -2.50. The van der Waals surface area contributed by atoms with Crippen molar-refractivity contribution < 1.29 is 47.8 Å². The van der Waals surface area contributed by atoms with Crippen molar-refractivity contribution in [2.45, 2.75) is 57.0 Å². The zero-order valence-electron chi connectivity index (χ0n) is 27.6. The van der Waals surface area contributed by atoms with Crippen molar-refractivity contribution in [3.63, 3.8) is 0 Å². The van der Waals surface area contributed by atoms with Crippen LogP contribution in [0.1, 0.15) is 49.2 Å². The topological polar surface area (TPSA) is 233 Å². The first-order valence-corrected chi connectivity index (χ1v) is 20.4. The fourth-order valence-corrected chi connectivity index (χ4v) is 7.93. The number of thioether (sulfide) groups is 1. The molecule has 2 aromatic rings. The average molecular weight is 745 g/mol. The van der Waals surface area contributed by atoms with E-state index in [9.17, 15) is 38.5 Å². The first kappa shape index (κ1) is 40.9. The normalized spacial score (nSPS) is 17.7. The first-order chi connectivity index (χ1) is 23.3. The van der Waals surface area contributed by atoms with E-state index in [0.717, 1.165) is 17.3 Å². The summed E-state index contributed by atoms with van der Waals surface area (Å²) in [7, 11) is -9.36. The molecule has 0 spiro atoms. The third-order valence-corrected chi connectivity index (χ3v) is 11.6. The second-order valence-corrected chi connectivity index (χ2v) is 16.8. The van der Waals surface area contributed by atoms with Crippen LogP contribution in [0.25, 0.3) is 0 Å². The predicted octanol–water partition coefficient (Wildman–Crippen LogP) is 1.17. The molecule has 7 N–H and O–H groups in total. The number of nitrogens with one attached hydrogen (secondary N) is 3. The van der Waals surface area contributed by atoms with Crippen molar-refractivity contribution in [2.75, 3.05) is 38.6 Å². The summed E-state index contributed by atoms with van der Waals surface area (Å²) in [4.78, 5) is 86.3. The van der Waals surface area contributed by atoms with E-state index in [0.29, 0.717) is 57.9 Å². The molecule has 272 valence electrons. The number of amides is 3. The molecule has 2 heterocycles. The van der Waals surface area contributed by atoms with Crippen LogP contribution in [-0.4, -0.2) is 115 Å². The van der Waals surface area contributed by atoms with Gasteiger partial charge in [0.1, 0.15) is 11.7 Å². The maximum absolute atomic E-state index is 13.8. The molecule has 3 amide bonds. The molecular weight excluding hydrogens is 697 g/mol. The Labute approximate surface area is 291 Å². The fraction of sp³-hybridized carbons (Fsp3) is 0.552. The van der Waals surface area contributed by atoms with Gasteiger partial charge in [0.05, 0.1) is 12.1 Å². The third kappa shape index (κ3) is 15.1. The van der Waals surface area contributed by atoms with Crippen LogP contribution in [0.5, 0.6) is 0 Å². The number of carbonyl (C=O) groups excluding carboxylic acids is 3. The van der Waals surface area contributed by atoms with E-state index in [-0.39, 0.29) is 23.9 Å². The molecule has 16 nitrogen and oxygen atoms in total. The number of hydrogen-bond acceptors (Lipinski definition) is 13. The molecule has 4 atom stereocenters. The summed E-state index contributed by atoms with van der Waals surface area (Å²) in [6.45, 7) is 6.53. The van der Waals surface area contributed by atoms with Gasteiger partial charge in [-0.1, -0.05) is 44.2 Å². The molecule has 1 aliphatic heterocycles. The quantitative estimate of drug-likeness (QED) is 0.100. The molecule has 1 fully saturated rings. The molecule has 0 aliphatic carbocycles. The van der Waals surface area contributed by atoms with Gasteiger partial charge in [0.25, 0.3) is 5.91 Å². The molecule has 1 aromatic carbocycles. The van der Waals surface area contributed by atoms with Gasteiger partial charge in [-0.25, -0.2) is 4.98 Å². The van der Waals surface area contributed by atoms with Gasteiger partial charge in [0.15, 0.2) is 0 Å². The van der Waals surface area contributed by atoms with Crippen LogP contribution in [0, 0.1) is 5.92 Å². The summed E-state index contributed by atoms with van der Waals surface area (Å²) >= 11 is 0.802. The van der Waals surface area contributed by atoms with E-state index in [1.165, 1.54) is 18.6 Å². The van der Waals surface area contributed by atoms with Gasteiger partial charge >= 0.3 is 146 Å². The Morgan fingerprint density at radius 1 is 1.04 bits per heavy atom. The summed E-state index contributed by atoms with van der Waals surface area (Å²) in [5, 5.41) is 7.16. The zero-order valence-corrected chi connectivity index (χ0v) is 30.4. The number of hydrogen-bond donors (Lipinski definition) is 7. The van der Waals surface area contributed by atoms with Crippen molar-refractivity contribution in [1.29, 1.82) is 0 Å². The van der Waals surface area contributed by atoms with Crippen molar-refractivity contribution in [2.24, 2.45) is 5.92 Å². The maximum atomic E-state index is 13.8. The summed E-state index contributed by atoms with van der Waals surface area (Å²) < 4.78 is 23.7. The van der Waals surface area contributed by atoms with Crippen molar-refractivity contribution in [3.8, 4) is 0 Å². The Morgan fingerprint density at radius 3 is 2.29 bits per heavy atom. The average Bonchev–Trinajstić information content (AvgIpc) is 3.05. The van der Waals surface area contributed by atoms with Crippen LogP contribution >= 0.6 is 27.7 Å². The van der Waals surface area contributed by atoms with Crippen LogP contribution in [0.3, 0.4) is 0 Å². The van der Waals surface area contributed by atoms with E-state index in [2.05, 4.69) is 25.5 Å². The van der Waals surface area contributed by atoms with Crippen molar-refractivity contribution >= 4 is 51.9 Å². The summed E-state index contributed by atoms with van der Waals surface area (Å²) in [5.41, 5.74) is -1.01. The molecule has 2 unspecified atom stereocenters. The van der Waals surface area contributed by atoms with Crippen LogP contribution in [0.15, 0.2) is 48.9 Å². The van der Waals surface area contributed by atoms with Gasteiger partial charge in [-0.3, -0.25) is 14.6 Å². The molecule has 1 saturated heterocycles. The van der Waals surface area contributed by atoms with Crippen LogP contribution in [0.2, 0.25) is 0 Å². The zero-order chi connectivity index (χ0) is 35.8. The number of rotatable bonds is 15. The van der Waals surface area contributed by atoms with Gasteiger partial charge in [-0.15, -0.1) is 0 Å². The molecule has 1 aliphatic rings. The number of carbonyl (C=O) groups is 3. The number of nitrogens with zero attached hydrogens (tertiary/aromatic N) is 3. The third-order valence-electron chi connectivity index (χ3n) is 7.42. The van der Waals surface area contributed by atoms with Gasteiger partial charge in [-0.2, -0.15) is 0 Å². The Morgan fingerprint density at radius 2 is 1.71 bits per heavy atom. The summed E-state index contributed by atoms with van der Waals surface area (Å²) in [6, 6.07) is 8.47. The Kier molecular flexibility index (Phi) is 17.5. The van der Waals surface area contributed by atoms with E-state index >= 15 is 0 Å². The second kappa shape index (κ2) is 21.0. The second-order valence-electron chi connectivity index (χ2n) is 11.9. The SMILES string of the molecule is CC(C)C[C@@H](NC(=O)[C@@H](Cc1ccccc1)NC(=O)c1cnccn1)B1OCCCN(CCSC(=O)NC([PH](=O)O)[PH](O)(O)O)CCCO1. The van der Waals surface area contributed by atoms with Crippen LogP contribution in [-0.2, 0) is 25.1 Å². The van der Waals surface area contributed by atoms with E-state index in [4.69, 9.17) is 9.31 Å². The Bertz CT molecular complexity index is 1340. The molecule has 0 radical (unpaired) electrons. The molecule has 20 heteroatoms. The summed E-state index contributed by atoms with van der Waals surface area (Å²) in [5.74, 6) is -0.894. The molecule has 49 heavy (non-hydrogen) atoms. The Balaban J connectivity index is 1.58. The minimum absolute atomic E-state index is 0.0958. The van der Waals surface area contributed by atoms with Crippen LogP contribution in [0.4, 0.5) is 4.79 Å². The van der Waals surface area contributed by atoms with Gasteiger partial charge in [-0.05, 0) is 17.9 Å². The molecule has 0 bridgehead atoms. The van der Waals surface area contributed by atoms with Gasteiger partial charge < -0.3 is 10.6 Å². The monoisotopic (exact) mass is 744 g/mol. The van der Waals surface area contributed by atoms with Gasteiger partial charge in [0.2, 0.25) is 5.91 Å². The van der Waals surface area contributed by atoms with E-state index in [1.807, 2.05) is 49.5 Å². The fourth-order valence-electron chi connectivity index (χ4n) is 5.08. The number of benzene rings is 1. The van der Waals surface area contributed by atoms with Crippen molar-refractivity contribution in [1.82, 2.24) is 30.8 Å². The van der Waals surface area contributed by atoms with Gasteiger partial charge in [0, 0.05) is 18.8 Å². The molecule has 0 saturated carbocycles. The molecular formula is C29H47BN6O10P2S. The number of aromatic nitrogens is 2. The minimum atomic E-state index is -5.03. The van der Waals surface area contributed by atoms with Crippen molar-refractivity contribution in [3.05, 3.63) is 60.2 Å².